The molecule has 4 aromatic rings. The summed E-state index contributed by atoms with van der Waals surface area (Å²) in [5.41, 5.74) is 8.27. The molecule has 2 aromatic carbocycles. The predicted molar refractivity (Wildman–Crippen MR) is 170 cm³/mol. The van der Waals surface area contributed by atoms with Gasteiger partial charge in [0.2, 0.25) is 5.95 Å². The molecular weight excluding hydrogens is 575 g/mol. The summed E-state index contributed by atoms with van der Waals surface area (Å²) in [4.78, 5) is 23.8. The number of furan rings is 1. The van der Waals surface area contributed by atoms with E-state index in [1.54, 1.807) is 24.3 Å². The summed E-state index contributed by atoms with van der Waals surface area (Å²) < 4.78 is 5.99. The second-order valence-electron chi connectivity index (χ2n) is 10.3. The first-order valence-corrected chi connectivity index (χ1v) is 14.3. The van der Waals surface area contributed by atoms with Crippen molar-refractivity contribution in [2.75, 3.05) is 42.1 Å². The molecule has 2 aromatic heterocycles. The summed E-state index contributed by atoms with van der Waals surface area (Å²) in [5, 5.41) is 18.2. The van der Waals surface area contributed by atoms with Gasteiger partial charge >= 0.3 is 6.03 Å². The molecule has 1 saturated heterocycles. The Labute approximate surface area is 253 Å². The molecule has 6 N–H and O–H groups in total. The zero-order valence-electron chi connectivity index (χ0n) is 23.2. The molecule has 12 heteroatoms. The lowest BCUT2D eigenvalue weighted by Gasteiger charge is -2.17. The molecule has 42 heavy (non-hydrogen) atoms. The van der Waals surface area contributed by atoms with Gasteiger partial charge in [0.25, 0.3) is 0 Å². The Hall–Kier alpha value is -4.12. The van der Waals surface area contributed by atoms with Gasteiger partial charge in [0.15, 0.2) is 0 Å². The number of nitrogen functional groups attached to an aromatic ring is 1. The number of nitrogens with one attached hydrogen (secondary N) is 4. The Morgan fingerprint density at radius 3 is 2.71 bits per heavy atom. The standard InChI is InChI=1S/C30H32Cl2N8O2/c1-3-40-15-19(4-7-23-12-20-11-18(28(33)34)5-9-26(20)42-23)21(16-40)14-35-27-10-17(2)36-29(38-27)39-30(41)37-22-6-8-24(31)25(32)13-22/h4-13,19,21H,3,14-16H2,1-2H3,(H3,33,34)(H3,35,36,37,38,39,41)/b7-4+. The Kier molecular flexibility index (Phi) is 8.96. The van der Waals surface area contributed by atoms with Crippen LogP contribution in [-0.4, -0.2) is 52.9 Å². The maximum Gasteiger partial charge on any atom is 0.326 e. The minimum Gasteiger partial charge on any atom is -0.457 e. The van der Waals surface area contributed by atoms with Crippen LogP contribution in [0.1, 0.15) is 23.9 Å². The van der Waals surface area contributed by atoms with E-state index in [2.05, 4.69) is 43.8 Å². The first kappa shape index (κ1) is 29.4. The van der Waals surface area contributed by atoms with E-state index in [1.165, 1.54) is 0 Å². The van der Waals surface area contributed by atoms with Gasteiger partial charge in [0.05, 0.1) is 10.0 Å². The van der Waals surface area contributed by atoms with Crippen LogP contribution in [0.4, 0.5) is 22.2 Å². The normalized spacial score (nSPS) is 17.1. The SMILES string of the molecule is CCN1CC(/C=C/c2cc3cc(C(=N)N)ccc3o2)C(CNc2cc(C)nc(NC(=O)Nc3ccc(Cl)c(Cl)c3)n2)C1. The van der Waals surface area contributed by atoms with E-state index in [4.69, 9.17) is 38.8 Å². The molecule has 1 aliphatic rings. The highest BCUT2D eigenvalue weighted by Crippen LogP contribution is 2.28. The summed E-state index contributed by atoms with van der Waals surface area (Å²) in [6.07, 6.45) is 4.23. The Balaban J connectivity index is 1.23. The Bertz CT molecular complexity index is 1650. The number of hydrogen-bond acceptors (Lipinski definition) is 7. The monoisotopic (exact) mass is 606 g/mol. The average Bonchev–Trinajstić information content (AvgIpc) is 3.55. The lowest BCUT2D eigenvalue weighted by molar-refractivity contribution is 0.262. The maximum absolute atomic E-state index is 12.5. The third-order valence-corrected chi connectivity index (χ3v) is 7.91. The van der Waals surface area contributed by atoms with E-state index < -0.39 is 6.03 Å². The molecule has 1 fully saturated rings. The van der Waals surface area contributed by atoms with E-state index in [9.17, 15) is 4.79 Å². The number of carbonyl (C=O) groups excluding carboxylic acids is 1. The van der Waals surface area contributed by atoms with Crippen LogP contribution in [-0.2, 0) is 0 Å². The first-order chi connectivity index (χ1) is 20.2. The third-order valence-electron chi connectivity index (χ3n) is 7.17. The number of anilines is 3. The van der Waals surface area contributed by atoms with Crippen LogP contribution < -0.4 is 21.7 Å². The van der Waals surface area contributed by atoms with Gasteiger partial charge in [0.1, 0.15) is 23.0 Å². The van der Waals surface area contributed by atoms with Crippen molar-refractivity contribution in [2.24, 2.45) is 17.6 Å². The van der Waals surface area contributed by atoms with Crippen LogP contribution in [0.3, 0.4) is 0 Å². The Morgan fingerprint density at radius 1 is 1.12 bits per heavy atom. The van der Waals surface area contributed by atoms with Gasteiger partial charge in [-0.25, -0.2) is 9.78 Å². The lowest BCUT2D eigenvalue weighted by Crippen LogP contribution is -2.24. The topological polar surface area (TPSA) is 145 Å². The smallest absolute Gasteiger partial charge is 0.326 e. The van der Waals surface area contributed by atoms with Gasteiger partial charge in [-0.3, -0.25) is 10.7 Å². The van der Waals surface area contributed by atoms with Crippen molar-refractivity contribution in [1.82, 2.24) is 14.9 Å². The summed E-state index contributed by atoms with van der Waals surface area (Å²) in [6, 6.07) is 13.7. The number of benzene rings is 2. The van der Waals surface area contributed by atoms with Crippen molar-refractivity contribution in [1.29, 1.82) is 5.41 Å². The van der Waals surface area contributed by atoms with Crippen LogP contribution in [0.5, 0.6) is 0 Å². The molecule has 3 heterocycles. The summed E-state index contributed by atoms with van der Waals surface area (Å²) in [5.74, 6) is 2.24. The quantitative estimate of drug-likeness (QED) is 0.108. The van der Waals surface area contributed by atoms with Crippen molar-refractivity contribution in [3.8, 4) is 0 Å². The molecule has 1 aliphatic heterocycles. The van der Waals surface area contributed by atoms with E-state index >= 15 is 0 Å². The minimum atomic E-state index is -0.493. The highest BCUT2D eigenvalue weighted by atomic mass is 35.5. The second kappa shape index (κ2) is 12.8. The molecule has 2 atom stereocenters. The summed E-state index contributed by atoms with van der Waals surface area (Å²) in [7, 11) is 0. The van der Waals surface area contributed by atoms with Gasteiger partial charge < -0.3 is 25.7 Å². The second-order valence-corrected chi connectivity index (χ2v) is 11.1. The van der Waals surface area contributed by atoms with Gasteiger partial charge in [-0.05, 0) is 73.8 Å². The number of hydrogen-bond donors (Lipinski definition) is 5. The number of carbonyl (C=O) groups is 1. The molecule has 0 radical (unpaired) electrons. The van der Waals surface area contributed by atoms with Gasteiger partial charge in [-0.2, -0.15) is 4.98 Å². The molecule has 0 saturated carbocycles. The predicted octanol–water partition coefficient (Wildman–Crippen LogP) is 6.46. The fourth-order valence-electron chi connectivity index (χ4n) is 5.00. The van der Waals surface area contributed by atoms with Crippen molar-refractivity contribution in [3.05, 3.63) is 81.7 Å². The molecule has 0 bridgehead atoms. The molecule has 5 rings (SSSR count). The third kappa shape index (κ3) is 7.20. The summed E-state index contributed by atoms with van der Waals surface area (Å²) >= 11 is 12.0. The number of amidine groups is 1. The zero-order valence-corrected chi connectivity index (χ0v) is 24.8. The van der Waals surface area contributed by atoms with Crippen LogP contribution in [0.25, 0.3) is 17.0 Å². The van der Waals surface area contributed by atoms with E-state index in [1.807, 2.05) is 37.3 Å². The molecule has 0 spiro atoms. The molecular formula is C30H32Cl2N8O2. The molecule has 2 amide bonds. The number of likely N-dealkylation sites (tertiary alicyclic amines) is 1. The maximum atomic E-state index is 12.5. The van der Waals surface area contributed by atoms with Crippen LogP contribution >= 0.6 is 23.2 Å². The van der Waals surface area contributed by atoms with Crippen molar-refractivity contribution < 1.29 is 9.21 Å². The average molecular weight is 608 g/mol. The number of aryl methyl sites for hydroxylation is 1. The lowest BCUT2D eigenvalue weighted by atomic mass is 9.95. The number of rotatable bonds is 9. The number of nitrogens with two attached hydrogens (primary N) is 1. The molecule has 218 valence electrons. The summed E-state index contributed by atoms with van der Waals surface area (Å²) in [6.45, 7) is 7.56. The number of fused-ring (bicyclic) bond motifs is 1. The fraction of sp³-hybridized carbons (Fsp3) is 0.267. The van der Waals surface area contributed by atoms with Crippen LogP contribution in [0, 0.1) is 24.2 Å². The van der Waals surface area contributed by atoms with Crippen molar-refractivity contribution >= 4 is 69.6 Å². The van der Waals surface area contributed by atoms with Crippen LogP contribution in [0.2, 0.25) is 10.0 Å². The van der Waals surface area contributed by atoms with E-state index in [0.29, 0.717) is 51.2 Å². The molecule has 10 nitrogen and oxygen atoms in total. The highest BCUT2D eigenvalue weighted by molar-refractivity contribution is 6.42. The van der Waals surface area contributed by atoms with Gasteiger partial charge in [-0.1, -0.05) is 36.2 Å². The first-order valence-electron chi connectivity index (χ1n) is 13.6. The van der Waals surface area contributed by atoms with Gasteiger partial charge in [0, 0.05) is 48.0 Å². The Morgan fingerprint density at radius 2 is 1.95 bits per heavy atom. The van der Waals surface area contributed by atoms with Crippen molar-refractivity contribution in [2.45, 2.75) is 13.8 Å². The van der Waals surface area contributed by atoms with E-state index in [-0.39, 0.29) is 11.8 Å². The molecule has 2 unspecified atom stereocenters. The largest absolute Gasteiger partial charge is 0.457 e. The minimum absolute atomic E-state index is 0.0319. The van der Waals surface area contributed by atoms with Crippen molar-refractivity contribution in [3.63, 3.8) is 0 Å². The number of aromatic nitrogens is 2. The number of urea groups is 1. The number of amides is 2. The fourth-order valence-corrected chi connectivity index (χ4v) is 5.30. The highest BCUT2D eigenvalue weighted by Gasteiger charge is 2.30. The van der Waals surface area contributed by atoms with Gasteiger partial charge in [-0.15, -0.1) is 0 Å². The number of halogens is 2. The molecule has 0 aliphatic carbocycles. The number of nitrogens with zero attached hydrogens (tertiary/aromatic N) is 3. The van der Waals surface area contributed by atoms with E-state index in [0.717, 1.165) is 36.4 Å². The zero-order chi connectivity index (χ0) is 29.8. The van der Waals surface area contributed by atoms with Crippen LogP contribution in [0.15, 0.2) is 59.0 Å².